The molecule has 1 aliphatic carbocycles. The molecule has 1 saturated carbocycles. The summed E-state index contributed by atoms with van der Waals surface area (Å²) >= 11 is 0. The Morgan fingerprint density at radius 1 is 0.903 bits per heavy atom. The number of benzene rings is 2. The molecule has 4 rings (SSSR count). The lowest BCUT2D eigenvalue weighted by atomic mass is 9.91. The molecule has 31 heavy (non-hydrogen) atoms. The molecule has 0 saturated heterocycles. The summed E-state index contributed by atoms with van der Waals surface area (Å²) in [5.74, 6) is -1.69. The van der Waals surface area contributed by atoms with Crippen LogP contribution in [0.25, 0.3) is 10.9 Å². The lowest BCUT2D eigenvalue weighted by Gasteiger charge is -2.30. The smallest absolute Gasteiger partial charge is 0.367 e. The van der Waals surface area contributed by atoms with Crippen LogP contribution in [0.4, 0.5) is 23.4 Å². The van der Waals surface area contributed by atoms with E-state index in [0.717, 1.165) is 0 Å². The summed E-state index contributed by atoms with van der Waals surface area (Å²) in [6.45, 7) is 0. The Morgan fingerprint density at radius 3 is 2.23 bits per heavy atom. The standard InChI is InChI=1S/C22H20F4N4O/c23-14-7-5-13(6-8-14)20(31)28-16-11-9-15(10-12-16)27-19-17-3-1-2-4-18(17)29-21(30-19)22(24,25)26/h1-8,15-16H,9-12H2,(H,28,31)(H,27,29,30)/t15-,16+. The second kappa shape index (κ2) is 8.49. The van der Waals surface area contributed by atoms with E-state index < -0.39 is 17.8 Å². The van der Waals surface area contributed by atoms with Crippen molar-refractivity contribution in [3.05, 3.63) is 65.7 Å². The Morgan fingerprint density at radius 2 is 1.55 bits per heavy atom. The average Bonchev–Trinajstić information content (AvgIpc) is 2.75. The van der Waals surface area contributed by atoms with Gasteiger partial charge in [0.15, 0.2) is 0 Å². The van der Waals surface area contributed by atoms with E-state index in [1.807, 2.05) is 0 Å². The molecule has 3 aromatic rings. The zero-order valence-corrected chi connectivity index (χ0v) is 16.4. The zero-order valence-electron chi connectivity index (χ0n) is 16.4. The maximum atomic E-state index is 13.2. The fourth-order valence-electron chi connectivity index (χ4n) is 3.76. The summed E-state index contributed by atoms with van der Waals surface area (Å²) in [6.07, 6.45) is -1.98. The lowest BCUT2D eigenvalue weighted by Crippen LogP contribution is -2.40. The molecule has 0 unspecified atom stereocenters. The molecule has 1 fully saturated rings. The molecule has 0 aliphatic heterocycles. The van der Waals surface area contributed by atoms with E-state index in [2.05, 4.69) is 20.6 Å². The van der Waals surface area contributed by atoms with Crippen molar-refractivity contribution >= 4 is 22.6 Å². The first kappa shape index (κ1) is 21.0. The molecule has 2 N–H and O–H groups in total. The van der Waals surface area contributed by atoms with Crippen molar-refractivity contribution in [1.82, 2.24) is 15.3 Å². The molecule has 1 heterocycles. The SMILES string of the molecule is O=C(N[C@H]1CC[C@@H](Nc2nc(C(F)(F)F)nc3ccccc23)CC1)c1ccc(F)cc1. The normalized spacial score (nSPS) is 19.2. The van der Waals surface area contributed by atoms with Crippen molar-refractivity contribution in [2.24, 2.45) is 0 Å². The largest absolute Gasteiger partial charge is 0.451 e. The van der Waals surface area contributed by atoms with Crippen LogP contribution in [0, 0.1) is 5.82 Å². The van der Waals surface area contributed by atoms with Crippen molar-refractivity contribution in [1.29, 1.82) is 0 Å². The number of rotatable bonds is 4. The Balaban J connectivity index is 1.41. The van der Waals surface area contributed by atoms with Crippen LogP contribution in [-0.2, 0) is 6.18 Å². The first-order valence-electron chi connectivity index (χ1n) is 9.96. The number of carbonyl (C=O) groups is 1. The van der Waals surface area contributed by atoms with Gasteiger partial charge in [0.1, 0.15) is 11.6 Å². The van der Waals surface area contributed by atoms with Crippen molar-refractivity contribution in [2.75, 3.05) is 5.32 Å². The topological polar surface area (TPSA) is 66.9 Å². The molecule has 5 nitrogen and oxygen atoms in total. The molecule has 0 bridgehead atoms. The van der Waals surface area contributed by atoms with Crippen LogP contribution in [0.15, 0.2) is 48.5 Å². The number of anilines is 1. The number of para-hydroxylation sites is 1. The highest BCUT2D eigenvalue weighted by molar-refractivity contribution is 5.94. The first-order chi connectivity index (χ1) is 14.8. The van der Waals surface area contributed by atoms with Crippen LogP contribution < -0.4 is 10.6 Å². The van der Waals surface area contributed by atoms with Gasteiger partial charge in [0.2, 0.25) is 5.82 Å². The summed E-state index contributed by atoms with van der Waals surface area (Å²) in [5.41, 5.74) is 0.612. The van der Waals surface area contributed by atoms with Gasteiger partial charge in [-0.3, -0.25) is 4.79 Å². The van der Waals surface area contributed by atoms with Crippen molar-refractivity contribution in [3.63, 3.8) is 0 Å². The highest BCUT2D eigenvalue weighted by Crippen LogP contribution is 2.31. The quantitative estimate of drug-likeness (QED) is 0.573. The van der Waals surface area contributed by atoms with Gasteiger partial charge in [-0.2, -0.15) is 13.2 Å². The number of nitrogens with zero attached hydrogens (tertiary/aromatic N) is 2. The summed E-state index contributed by atoms with van der Waals surface area (Å²) in [6, 6.07) is 11.8. The van der Waals surface area contributed by atoms with E-state index in [1.54, 1.807) is 18.2 Å². The second-order valence-corrected chi connectivity index (χ2v) is 7.58. The summed E-state index contributed by atoms with van der Waals surface area (Å²) in [4.78, 5) is 19.7. The van der Waals surface area contributed by atoms with Gasteiger partial charge in [-0.25, -0.2) is 14.4 Å². The fourth-order valence-corrected chi connectivity index (χ4v) is 3.76. The third kappa shape index (κ3) is 4.92. The number of halogens is 4. The Hall–Kier alpha value is -3.23. The van der Waals surface area contributed by atoms with E-state index in [1.165, 1.54) is 30.3 Å². The highest BCUT2D eigenvalue weighted by Gasteiger charge is 2.36. The van der Waals surface area contributed by atoms with Crippen LogP contribution in [-0.4, -0.2) is 28.0 Å². The van der Waals surface area contributed by atoms with Crippen LogP contribution >= 0.6 is 0 Å². The van der Waals surface area contributed by atoms with Gasteiger partial charge in [0.25, 0.3) is 5.91 Å². The van der Waals surface area contributed by atoms with E-state index in [9.17, 15) is 22.4 Å². The number of aromatic nitrogens is 2. The molecular weight excluding hydrogens is 412 g/mol. The van der Waals surface area contributed by atoms with Crippen LogP contribution in [0.5, 0.6) is 0 Å². The highest BCUT2D eigenvalue weighted by atomic mass is 19.4. The van der Waals surface area contributed by atoms with Crippen molar-refractivity contribution in [3.8, 4) is 0 Å². The minimum Gasteiger partial charge on any atom is -0.367 e. The maximum Gasteiger partial charge on any atom is 0.451 e. The number of carbonyl (C=O) groups excluding carboxylic acids is 1. The molecule has 9 heteroatoms. The van der Waals surface area contributed by atoms with Gasteiger partial charge in [0.05, 0.1) is 5.52 Å². The molecule has 1 aliphatic rings. The maximum absolute atomic E-state index is 13.2. The Labute approximate surface area is 175 Å². The predicted octanol–water partition coefficient (Wildman–Crippen LogP) is 4.94. The molecule has 0 atom stereocenters. The number of hydrogen-bond donors (Lipinski definition) is 2. The van der Waals surface area contributed by atoms with E-state index in [0.29, 0.717) is 36.6 Å². The van der Waals surface area contributed by atoms with Crippen LogP contribution in [0.1, 0.15) is 41.9 Å². The molecular formula is C22H20F4N4O. The van der Waals surface area contributed by atoms with Gasteiger partial charge in [-0.15, -0.1) is 0 Å². The van der Waals surface area contributed by atoms with E-state index in [4.69, 9.17) is 0 Å². The number of nitrogens with one attached hydrogen (secondary N) is 2. The minimum absolute atomic E-state index is 0.0523. The van der Waals surface area contributed by atoms with Crippen molar-refractivity contribution < 1.29 is 22.4 Å². The van der Waals surface area contributed by atoms with Gasteiger partial charge >= 0.3 is 6.18 Å². The average molecular weight is 432 g/mol. The molecule has 1 amide bonds. The third-order valence-electron chi connectivity index (χ3n) is 5.37. The zero-order chi connectivity index (χ0) is 22.0. The Kier molecular flexibility index (Phi) is 5.75. The molecule has 162 valence electrons. The van der Waals surface area contributed by atoms with Crippen LogP contribution in [0.3, 0.4) is 0 Å². The van der Waals surface area contributed by atoms with Gasteiger partial charge in [0, 0.05) is 23.0 Å². The van der Waals surface area contributed by atoms with Gasteiger partial charge in [-0.05, 0) is 62.1 Å². The summed E-state index contributed by atoms with van der Waals surface area (Å²) in [7, 11) is 0. The number of amides is 1. The van der Waals surface area contributed by atoms with E-state index in [-0.39, 0.29) is 29.3 Å². The predicted molar refractivity (Wildman–Crippen MR) is 108 cm³/mol. The number of hydrogen-bond acceptors (Lipinski definition) is 4. The third-order valence-corrected chi connectivity index (χ3v) is 5.37. The molecule has 0 spiro atoms. The van der Waals surface area contributed by atoms with Crippen LogP contribution in [0.2, 0.25) is 0 Å². The Bertz CT molecular complexity index is 1080. The second-order valence-electron chi connectivity index (χ2n) is 7.58. The van der Waals surface area contributed by atoms with Crippen molar-refractivity contribution in [2.45, 2.75) is 43.9 Å². The number of fused-ring (bicyclic) bond motifs is 1. The molecule has 0 radical (unpaired) electrons. The minimum atomic E-state index is -4.64. The monoisotopic (exact) mass is 432 g/mol. The lowest BCUT2D eigenvalue weighted by molar-refractivity contribution is -0.144. The molecule has 1 aromatic heterocycles. The fraction of sp³-hybridized carbons (Fsp3) is 0.318. The summed E-state index contributed by atoms with van der Waals surface area (Å²) in [5, 5.41) is 6.61. The first-order valence-corrected chi connectivity index (χ1v) is 9.96. The number of alkyl halides is 3. The van der Waals surface area contributed by atoms with Gasteiger partial charge < -0.3 is 10.6 Å². The summed E-state index contributed by atoms with van der Waals surface area (Å²) < 4.78 is 52.6. The molecule has 2 aromatic carbocycles. The van der Waals surface area contributed by atoms with Gasteiger partial charge in [-0.1, -0.05) is 12.1 Å². The van der Waals surface area contributed by atoms with E-state index >= 15 is 0 Å².